The van der Waals surface area contributed by atoms with Crippen LogP contribution in [0, 0.1) is 6.92 Å². The zero-order valence-electron chi connectivity index (χ0n) is 10.9. The summed E-state index contributed by atoms with van der Waals surface area (Å²) in [5, 5.41) is 17.0. The van der Waals surface area contributed by atoms with E-state index in [9.17, 15) is 0 Å². The lowest BCUT2D eigenvalue weighted by Crippen LogP contribution is -1.94. The van der Waals surface area contributed by atoms with Gasteiger partial charge in [-0.15, -0.1) is 4.33 Å². The van der Waals surface area contributed by atoms with Crippen molar-refractivity contribution in [2.75, 3.05) is 19.5 Å². The molecule has 6 heteroatoms. The summed E-state index contributed by atoms with van der Waals surface area (Å²) in [5.74, 6) is 0.782. The molecule has 2 N–H and O–H groups in total. The highest BCUT2D eigenvalue weighted by atomic mass is 32.2. The van der Waals surface area contributed by atoms with E-state index in [1.165, 1.54) is 0 Å². The van der Waals surface area contributed by atoms with Crippen molar-refractivity contribution in [1.82, 2.24) is 0 Å². The molecule has 102 valence electrons. The predicted molar refractivity (Wildman–Crippen MR) is 75.4 cm³/mol. The fourth-order valence-corrected chi connectivity index (χ4v) is 2.51. The van der Waals surface area contributed by atoms with Crippen LogP contribution in [0.15, 0.2) is 29.2 Å². The van der Waals surface area contributed by atoms with Crippen molar-refractivity contribution in [2.45, 2.75) is 11.8 Å². The number of hydrogen-bond donors (Lipinski definition) is 2. The van der Waals surface area contributed by atoms with E-state index in [2.05, 4.69) is 14.7 Å². The van der Waals surface area contributed by atoms with Gasteiger partial charge in [0.15, 0.2) is 0 Å². The van der Waals surface area contributed by atoms with Crippen molar-refractivity contribution in [1.29, 1.82) is 0 Å². The molecule has 0 aromatic heterocycles. The van der Waals surface area contributed by atoms with Crippen LogP contribution >= 0.6 is 12.0 Å². The lowest BCUT2D eigenvalue weighted by molar-refractivity contribution is -0.432. The Kier molecular flexibility index (Phi) is 4.49. The largest absolute Gasteiger partial charge is 0.496 e. The van der Waals surface area contributed by atoms with Crippen LogP contribution < -0.4 is 10.1 Å². The molecule has 0 heterocycles. The molecule has 0 aliphatic heterocycles. The van der Waals surface area contributed by atoms with Crippen molar-refractivity contribution >= 4 is 28.5 Å². The minimum absolute atomic E-state index is 0.782. The fourth-order valence-electron chi connectivity index (χ4n) is 2.01. The molecule has 2 aromatic carbocycles. The molecule has 2 aromatic rings. The molecule has 0 fully saturated rings. The monoisotopic (exact) mass is 281 g/mol. The van der Waals surface area contributed by atoms with E-state index in [0.717, 1.165) is 44.7 Å². The molecule has 0 aliphatic rings. The normalized spacial score (nSPS) is 10.7. The molecule has 0 aliphatic carbocycles. The van der Waals surface area contributed by atoms with Crippen LogP contribution in [0.1, 0.15) is 5.56 Å². The molecule has 0 spiro atoms. The summed E-state index contributed by atoms with van der Waals surface area (Å²) in [6.45, 7) is 1.92. The number of ether oxygens (including phenoxy) is 1. The highest BCUT2D eigenvalue weighted by Gasteiger charge is 2.12. The van der Waals surface area contributed by atoms with Gasteiger partial charge in [-0.2, -0.15) is 0 Å². The van der Waals surface area contributed by atoms with Gasteiger partial charge >= 0.3 is 0 Å². The summed E-state index contributed by atoms with van der Waals surface area (Å²) in [5.41, 5.74) is 1.93. The smallest absolute Gasteiger partial charge is 0.130 e. The minimum atomic E-state index is 0.782. The molecule has 19 heavy (non-hydrogen) atoms. The second-order valence-corrected chi connectivity index (χ2v) is 4.69. The molecular weight excluding hydrogens is 266 g/mol. The molecule has 0 atom stereocenters. The van der Waals surface area contributed by atoms with Gasteiger partial charge in [-0.25, -0.2) is 5.26 Å². The van der Waals surface area contributed by atoms with E-state index in [1.54, 1.807) is 7.11 Å². The molecule has 0 radical (unpaired) electrons. The Labute approximate surface area is 115 Å². The van der Waals surface area contributed by atoms with Crippen molar-refractivity contribution in [3.8, 4) is 5.75 Å². The summed E-state index contributed by atoms with van der Waals surface area (Å²) >= 11 is 0.932. The Morgan fingerprint density at radius 3 is 2.68 bits per heavy atom. The number of hydrogen-bond acceptors (Lipinski definition) is 6. The maximum atomic E-state index is 8.26. The third kappa shape index (κ3) is 2.76. The van der Waals surface area contributed by atoms with Gasteiger partial charge in [-0.1, -0.05) is 5.04 Å². The lowest BCUT2D eigenvalue weighted by atomic mass is 10.1. The predicted octanol–water partition coefficient (Wildman–Crippen LogP) is 3.63. The van der Waals surface area contributed by atoms with Gasteiger partial charge in [0.05, 0.1) is 19.2 Å². The molecule has 0 amide bonds. The summed E-state index contributed by atoms with van der Waals surface area (Å²) in [4.78, 5) is 0.812. The maximum Gasteiger partial charge on any atom is 0.130 e. The number of benzene rings is 2. The molecule has 0 saturated carbocycles. The van der Waals surface area contributed by atoms with E-state index in [4.69, 9.17) is 9.99 Å². The Balaban J connectivity index is 2.60. The van der Waals surface area contributed by atoms with Crippen molar-refractivity contribution in [3.05, 3.63) is 29.8 Å². The van der Waals surface area contributed by atoms with E-state index in [0.29, 0.717) is 0 Å². The molecule has 5 nitrogen and oxygen atoms in total. The third-order valence-electron chi connectivity index (χ3n) is 2.94. The van der Waals surface area contributed by atoms with Gasteiger partial charge in [0.25, 0.3) is 0 Å². The number of anilines is 1. The molecule has 2 rings (SSSR count). The quantitative estimate of drug-likeness (QED) is 0.496. The van der Waals surface area contributed by atoms with E-state index in [1.807, 2.05) is 38.2 Å². The topological polar surface area (TPSA) is 60.0 Å². The van der Waals surface area contributed by atoms with Gasteiger partial charge in [0, 0.05) is 28.6 Å². The number of rotatable bonds is 5. The number of methoxy groups -OCH3 is 1. The molecular formula is C13H15NO4S. The van der Waals surface area contributed by atoms with Crippen molar-refractivity contribution in [2.24, 2.45) is 0 Å². The number of fused-ring (bicyclic) bond motifs is 1. The maximum absolute atomic E-state index is 8.26. The van der Waals surface area contributed by atoms with Crippen LogP contribution in [0.3, 0.4) is 0 Å². The first-order valence-corrected chi connectivity index (χ1v) is 6.39. The Bertz CT molecular complexity index is 588. The standard InChI is InChI=1S/C13H15NO4S/c1-8-12(19-18-17-15)7-9-6-10(14-2)4-5-11(9)13(8)16-3/h4-7,14-15H,1-3H3. The highest BCUT2D eigenvalue weighted by molar-refractivity contribution is 7.94. The zero-order valence-corrected chi connectivity index (χ0v) is 11.7. The van der Waals surface area contributed by atoms with Crippen LogP contribution in [-0.2, 0) is 9.37 Å². The second-order valence-electron chi connectivity index (χ2n) is 3.94. The van der Waals surface area contributed by atoms with Crippen LogP contribution in [0.4, 0.5) is 5.69 Å². The van der Waals surface area contributed by atoms with Crippen LogP contribution in [0.2, 0.25) is 0 Å². The highest BCUT2D eigenvalue weighted by Crippen LogP contribution is 2.38. The van der Waals surface area contributed by atoms with Crippen LogP contribution in [0.25, 0.3) is 10.8 Å². The number of nitrogens with one attached hydrogen (secondary N) is 1. The van der Waals surface area contributed by atoms with Gasteiger partial charge in [-0.05, 0) is 36.6 Å². The van der Waals surface area contributed by atoms with Gasteiger partial charge in [0.2, 0.25) is 0 Å². The van der Waals surface area contributed by atoms with Gasteiger partial charge in [-0.3, -0.25) is 0 Å². The first-order valence-electron chi connectivity index (χ1n) is 5.65. The summed E-state index contributed by atoms with van der Waals surface area (Å²) < 4.78 is 9.97. The summed E-state index contributed by atoms with van der Waals surface area (Å²) in [6.07, 6.45) is 0. The first-order chi connectivity index (χ1) is 9.21. The Morgan fingerprint density at radius 1 is 1.26 bits per heavy atom. The van der Waals surface area contributed by atoms with Gasteiger partial charge < -0.3 is 10.1 Å². The fraction of sp³-hybridized carbons (Fsp3) is 0.231. The zero-order chi connectivity index (χ0) is 13.8. The first kappa shape index (κ1) is 14.0. The summed E-state index contributed by atoms with van der Waals surface area (Å²) in [7, 11) is 3.50. The molecule has 0 unspecified atom stereocenters. The van der Waals surface area contributed by atoms with Gasteiger partial charge in [0.1, 0.15) is 5.75 Å². The van der Waals surface area contributed by atoms with Crippen LogP contribution in [0.5, 0.6) is 5.75 Å². The average Bonchev–Trinajstić information content (AvgIpc) is 2.44. The lowest BCUT2D eigenvalue weighted by Gasteiger charge is -2.13. The Morgan fingerprint density at radius 2 is 2.05 bits per heavy atom. The van der Waals surface area contributed by atoms with Crippen molar-refractivity contribution in [3.63, 3.8) is 0 Å². The minimum Gasteiger partial charge on any atom is -0.496 e. The average molecular weight is 281 g/mol. The van der Waals surface area contributed by atoms with E-state index in [-0.39, 0.29) is 0 Å². The van der Waals surface area contributed by atoms with E-state index >= 15 is 0 Å². The summed E-state index contributed by atoms with van der Waals surface area (Å²) in [6, 6.07) is 7.97. The Hall–Kier alpha value is -1.47. The van der Waals surface area contributed by atoms with Crippen molar-refractivity contribution < 1.29 is 19.4 Å². The van der Waals surface area contributed by atoms with Crippen LogP contribution in [-0.4, -0.2) is 19.4 Å². The third-order valence-corrected chi connectivity index (χ3v) is 3.67. The van der Waals surface area contributed by atoms with E-state index < -0.39 is 0 Å². The second kappa shape index (κ2) is 6.12. The molecule has 0 bridgehead atoms. The molecule has 0 saturated heterocycles. The SMILES string of the molecule is CNc1ccc2c(OC)c(C)c(SOOO)cc2c1.